The van der Waals surface area contributed by atoms with Crippen molar-refractivity contribution in [3.05, 3.63) is 29.3 Å². The number of anilines is 1. The molecule has 7 nitrogen and oxygen atoms in total. The molecule has 0 radical (unpaired) electrons. The molecule has 2 atom stereocenters. The van der Waals surface area contributed by atoms with Crippen molar-refractivity contribution in [2.75, 3.05) is 25.5 Å². The first-order valence-corrected chi connectivity index (χ1v) is 7.59. The molecule has 10 heteroatoms. The molecule has 1 fully saturated rings. The number of nitrogens with zero attached hydrogens (tertiary/aromatic N) is 1. The van der Waals surface area contributed by atoms with Gasteiger partial charge in [-0.25, -0.2) is 9.59 Å². The second-order valence-electron chi connectivity index (χ2n) is 5.95. The molecule has 0 spiro atoms. The second kappa shape index (κ2) is 7.22. The first-order chi connectivity index (χ1) is 12.0. The van der Waals surface area contributed by atoms with Gasteiger partial charge in [-0.05, 0) is 24.6 Å². The fourth-order valence-electron chi connectivity index (χ4n) is 2.75. The molecule has 0 bridgehead atoms. The van der Waals surface area contributed by atoms with E-state index in [0.29, 0.717) is 5.56 Å². The summed E-state index contributed by atoms with van der Waals surface area (Å²) < 4.78 is 43.6. The largest absolute Gasteiger partial charge is 0.481 e. The Morgan fingerprint density at radius 3 is 2.42 bits per heavy atom. The summed E-state index contributed by atoms with van der Waals surface area (Å²) in [4.78, 5) is 35.7. The molecule has 1 saturated heterocycles. The van der Waals surface area contributed by atoms with Gasteiger partial charge in [-0.3, -0.25) is 4.79 Å². The molecule has 0 unspecified atom stereocenters. The van der Waals surface area contributed by atoms with Crippen LogP contribution in [0.25, 0.3) is 0 Å². The number of urea groups is 1. The van der Waals surface area contributed by atoms with E-state index in [1.54, 1.807) is 13.0 Å². The lowest BCUT2D eigenvalue weighted by atomic mass is 9.96. The highest BCUT2D eigenvalue weighted by molar-refractivity contribution is 5.95. The number of halogens is 3. The van der Waals surface area contributed by atoms with Crippen LogP contribution in [0.3, 0.4) is 0 Å². The molecular formula is C16H17F3N2O5. The molecule has 0 saturated carbocycles. The van der Waals surface area contributed by atoms with Gasteiger partial charge in [0.05, 0.1) is 24.5 Å². The molecule has 142 valence electrons. The van der Waals surface area contributed by atoms with Crippen molar-refractivity contribution in [3.8, 4) is 0 Å². The molecule has 1 aliphatic heterocycles. The lowest BCUT2D eigenvalue weighted by Gasteiger charge is -2.19. The van der Waals surface area contributed by atoms with E-state index in [2.05, 4.69) is 10.1 Å². The van der Waals surface area contributed by atoms with E-state index in [-0.39, 0.29) is 11.3 Å². The van der Waals surface area contributed by atoms with Gasteiger partial charge in [0.2, 0.25) is 0 Å². The standard InChI is InChI=1S/C16H17F3N2O5/c1-8-3-4-9(14(24)26-2)5-12(8)20-15(25)21-6-10(13(22)23)11(7-21)16(17,18)19/h3-5,10-11H,6-7H2,1-2H3,(H,20,25)(H,22,23)/t10-,11-/m1/s1. The number of nitrogens with one attached hydrogen (secondary N) is 1. The van der Waals surface area contributed by atoms with Gasteiger partial charge < -0.3 is 20.1 Å². The zero-order valence-electron chi connectivity index (χ0n) is 14.0. The second-order valence-corrected chi connectivity index (χ2v) is 5.95. The number of carboxylic acid groups (broad SMARTS) is 1. The minimum Gasteiger partial charge on any atom is -0.481 e. The van der Waals surface area contributed by atoms with Gasteiger partial charge in [-0.1, -0.05) is 6.07 Å². The number of ether oxygens (including phenoxy) is 1. The van der Waals surface area contributed by atoms with E-state index in [4.69, 9.17) is 5.11 Å². The average molecular weight is 374 g/mol. The summed E-state index contributed by atoms with van der Waals surface area (Å²) in [6.07, 6.45) is -4.72. The summed E-state index contributed by atoms with van der Waals surface area (Å²) >= 11 is 0. The van der Waals surface area contributed by atoms with Crippen LogP contribution in [-0.4, -0.2) is 54.4 Å². The van der Waals surface area contributed by atoms with Crippen molar-refractivity contribution in [2.24, 2.45) is 11.8 Å². The summed E-state index contributed by atoms with van der Waals surface area (Å²) in [6, 6.07) is 3.50. The summed E-state index contributed by atoms with van der Waals surface area (Å²) in [7, 11) is 1.19. The molecule has 0 aliphatic carbocycles. The third-order valence-electron chi connectivity index (χ3n) is 4.24. The Labute approximate surface area is 146 Å². The predicted molar refractivity (Wildman–Crippen MR) is 83.8 cm³/mol. The third kappa shape index (κ3) is 4.06. The number of esters is 1. The normalized spacial score (nSPS) is 20.0. The maximum Gasteiger partial charge on any atom is 0.394 e. The molecule has 0 aromatic heterocycles. The number of rotatable bonds is 3. The number of benzene rings is 1. The van der Waals surface area contributed by atoms with Gasteiger partial charge in [-0.15, -0.1) is 0 Å². The molecule has 2 rings (SSSR count). The smallest absolute Gasteiger partial charge is 0.394 e. The maximum absolute atomic E-state index is 13.0. The lowest BCUT2D eigenvalue weighted by molar-refractivity contribution is -0.187. The van der Waals surface area contributed by atoms with Gasteiger partial charge in [-0.2, -0.15) is 13.2 Å². The van der Waals surface area contributed by atoms with E-state index >= 15 is 0 Å². The number of carbonyl (C=O) groups is 3. The molecule has 2 amide bonds. The van der Waals surface area contributed by atoms with Crippen molar-refractivity contribution in [1.29, 1.82) is 0 Å². The van der Waals surface area contributed by atoms with Crippen LogP contribution in [0.2, 0.25) is 0 Å². The number of hydrogen-bond donors (Lipinski definition) is 2. The fraction of sp³-hybridized carbons (Fsp3) is 0.438. The fourth-order valence-corrected chi connectivity index (χ4v) is 2.75. The van der Waals surface area contributed by atoms with E-state index < -0.39 is 49.1 Å². The Morgan fingerprint density at radius 1 is 1.27 bits per heavy atom. The highest BCUT2D eigenvalue weighted by atomic mass is 19.4. The van der Waals surface area contributed by atoms with Gasteiger partial charge in [0.15, 0.2) is 0 Å². The summed E-state index contributed by atoms with van der Waals surface area (Å²) in [6.45, 7) is 0.336. The number of methoxy groups -OCH3 is 1. The minimum atomic E-state index is -4.72. The van der Waals surface area contributed by atoms with E-state index in [9.17, 15) is 27.6 Å². The Balaban J connectivity index is 2.18. The van der Waals surface area contributed by atoms with Crippen molar-refractivity contribution >= 4 is 23.7 Å². The van der Waals surface area contributed by atoms with Gasteiger partial charge in [0, 0.05) is 18.8 Å². The van der Waals surface area contributed by atoms with E-state index in [1.807, 2.05) is 0 Å². The molecule has 26 heavy (non-hydrogen) atoms. The Hall–Kier alpha value is -2.78. The highest BCUT2D eigenvalue weighted by Gasteiger charge is 2.53. The van der Waals surface area contributed by atoms with Crippen LogP contribution < -0.4 is 5.32 Å². The topological polar surface area (TPSA) is 95.9 Å². The van der Waals surface area contributed by atoms with Crippen LogP contribution >= 0.6 is 0 Å². The van der Waals surface area contributed by atoms with Crippen LogP contribution in [-0.2, 0) is 9.53 Å². The maximum atomic E-state index is 13.0. The van der Waals surface area contributed by atoms with Gasteiger partial charge >= 0.3 is 24.1 Å². The van der Waals surface area contributed by atoms with Crippen LogP contribution in [0.5, 0.6) is 0 Å². The van der Waals surface area contributed by atoms with Gasteiger partial charge in [0.25, 0.3) is 0 Å². The van der Waals surface area contributed by atoms with Crippen molar-refractivity contribution in [2.45, 2.75) is 13.1 Å². The summed E-state index contributed by atoms with van der Waals surface area (Å²) in [5, 5.41) is 11.4. The number of carboxylic acids is 1. The van der Waals surface area contributed by atoms with Gasteiger partial charge in [0.1, 0.15) is 0 Å². The molecule has 1 heterocycles. The van der Waals surface area contributed by atoms with Crippen molar-refractivity contribution in [1.82, 2.24) is 4.90 Å². The number of likely N-dealkylation sites (tertiary alicyclic amines) is 1. The molecule has 1 aromatic carbocycles. The Bertz CT molecular complexity index is 735. The SMILES string of the molecule is COC(=O)c1ccc(C)c(NC(=O)N2C[C@@H](C(F)(F)F)[C@H](C(=O)O)C2)c1. The van der Waals surface area contributed by atoms with E-state index in [1.165, 1.54) is 19.2 Å². The van der Waals surface area contributed by atoms with Crippen LogP contribution in [0, 0.1) is 18.8 Å². The van der Waals surface area contributed by atoms with Crippen molar-refractivity contribution < 1.29 is 37.4 Å². The van der Waals surface area contributed by atoms with Crippen LogP contribution in [0.4, 0.5) is 23.7 Å². The third-order valence-corrected chi connectivity index (χ3v) is 4.24. The number of aryl methyl sites for hydroxylation is 1. The highest BCUT2D eigenvalue weighted by Crippen LogP contribution is 2.38. The zero-order chi connectivity index (χ0) is 19.6. The average Bonchev–Trinajstić information content (AvgIpc) is 3.02. The first-order valence-electron chi connectivity index (χ1n) is 7.59. The Morgan fingerprint density at radius 2 is 1.92 bits per heavy atom. The Kier molecular flexibility index (Phi) is 5.43. The van der Waals surface area contributed by atoms with Crippen molar-refractivity contribution in [3.63, 3.8) is 0 Å². The van der Waals surface area contributed by atoms with Crippen LogP contribution in [0.15, 0.2) is 18.2 Å². The summed E-state index contributed by atoms with van der Waals surface area (Å²) in [5.74, 6) is -6.09. The lowest BCUT2D eigenvalue weighted by Crippen LogP contribution is -2.35. The predicted octanol–water partition coefficient (Wildman–Crippen LogP) is 2.51. The minimum absolute atomic E-state index is 0.159. The zero-order valence-corrected chi connectivity index (χ0v) is 14.0. The number of aliphatic carboxylic acids is 1. The molecule has 2 N–H and O–H groups in total. The van der Waals surface area contributed by atoms with E-state index in [0.717, 1.165) is 4.90 Å². The number of alkyl halides is 3. The first kappa shape index (κ1) is 19.5. The molecule has 1 aliphatic rings. The number of amides is 2. The quantitative estimate of drug-likeness (QED) is 0.793. The van der Waals surface area contributed by atoms with Crippen LogP contribution in [0.1, 0.15) is 15.9 Å². The molecular weight excluding hydrogens is 357 g/mol. The summed E-state index contributed by atoms with van der Waals surface area (Å²) in [5.41, 5.74) is 0.957. The number of carbonyl (C=O) groups excluding carboxylic acids is 2. The monoisotopic (exact) mass is 374 g/mol. The molecule has 1 aromatic rings. The number of hydrogen-bond acceptors (Lipinski definition) is 4.